The first kappa shape index (κ1) is 19.3. The molecule has 0 N–H and O–H groups in total. The Balaban J connectivity index is 1.43. The standard InChI is InChI=1S/C21H21N5O2S2/c1-15-5-2-3-6-17(15)26-20(25-8-10-27-11-9-25)22-23-21(26)30-14-16-13-18(28-24-16)19-7-4-12-29-19/h2-7,12-13H,8-11,14H2,1H3. The number of para-hydroxylation sites is 1. The fourth-order valence-corrected chi connectivity index (χ4v) is 4.90. The van der Waals surface area contributed by atoms with E-state index in [0.717, 1.165) is 46.2 Å². The van der Waals surface area contributed by atoms with Crippen LogP contribution < -0.4 is 4.90 Å². The molecule has 4 aromatic rings. The van der Waals surface area contributed by atoms with Crippen molar-refractivity contribution in [1.29, 1.82) is 0 Å². The van der Waals surface area contributed by atoms with Crippen molar-refractivity contribution in [3.63, 3.8) is 0 Å². The van der Waals surface area contributed by atoms with Gasteiger partial charge in [0.25, 0.3) is 0 Å². The zero-order valence-electron chi connectivity index (χ0n) is 16.5. The molecule has 3 aromatic heterocycles. The lowest BCUT2D eigenvalue weighted by Crippen LogP contribution is -2.38. The van der Waals surface area contributed by atoms with Gasteiger partial charge in [-0.1, -0.05) is 41.2 Å². The lowest BCUT2D eigenvalue weighted by atomic mass is 10.2. The molecule has 154 valence electrons. The first-order chi connectivity index (χ1) is 14.8. The SMILES string of the molecule is Cc1ccccc1-n1c(SCc2cc(-c3cccs3)on2)nnc1N1CCOCC1. The van der Waals surface area contributed by atoms with E-state index >= 15 is 0 Å². The smallest absolute Gasteiger partial charge is 0.232 e. The summed E-state index contributed by atoms with van der Waals surface area (Å²) in [6, 6.07) is 14.3. The molecular weight excluding hydrogens is 418 g/mol. The molecule has 1 aromatic carbocycles. The molecule has 0 radical (unpaired) electrons. The minimum Gasteiger partial charge on any atom is -0.378 e. The van der Waals surface area contributed by atoms with Gasteiger partial charge >= 0.3 is 0 Å². The maximum Gasteiger partial charge on any atom is 0.232 e. The molecule has 0 spiro atoms. The van der Waals surface area contributed by atoms with Crippen LogP contribution in [0.2, 0.25) is 0 Å². The molecule has 0 saturated carbocycles. The molecule has 5 rings (SSSR count). The Kier molecular flexibility index (Phi) is 5.56. The Hall–Kier alpha value is -2.62. The molecule has 7 nitrogen and oxygen atoms in total. The summed E-state index contributed by atoms with van der Waals surface area (Å²) in [6.45, 7) is 5.13. The van der Waals surface area contributed by atoms with Crippen molar-refractivity contribution in [2.75, 3.05) is 31.2 Å². The van der Waals surface area contributed by atoms with Gasteiger partial charge in [0, 0.05) is 24.9 Å². The summed E-state index contributed by atoms with van der Waals surface area (Å²) in [5.74, 6) is 2.31. The van der Waals surface area contributed by atoms with E-state index in [1.54, 1.807) is 23.1 Å². The molecule has 0 bridgehead atoms. The van der Waals surface area contributed by atoms with Gasteiger partial charge in [0.05, 0.1) is 29.5 Å². The largest absolute Gasteiger partial charge is 0.378 e. The van der Waals surface area contributed by atoms with Crippen molar-refractivity contribution in [1.82, 2.24) is 19.9 Å². The normalized spacial score (nSPS) is 14.4. The minimum absolute atomic E-state index is 0.655. The number of hydrogen-bond acceptors (Lipinski definition) is 8. The van der Waals surface area contributed by atoms with Gasteiger partial charge in [-0.3, -0.25) is 4.57 Å². The average Bonchev–Trinajstić information content (AvgIpc) is 3.53. The fourth-order valence-electron chi connectivity index (χ4n) is 3.40. The lowest BCUT2D eigenvalue weighted by molar-refractivity contribution is 0.122. The molecule has 1 aliphatic rings. The third-order valence-corrected chi connectivity index (χ3v) is 6.79. The second-order valence-electron chi connectivity index (χ2n) is 6.95. The van der Waals surface area contributed by atoms with E-state index in [1.165, 1.54) is 5.56 Å². The number of thiophene rings is 1. The summed E-state index contributed by atoms with van der Waals surface area (Å²) in [5.41, 5.74) is 3.15. The van der Waals surface area contributed by atoms with Gasteiger partial charge in [-0.2, -0.15) is 0 Å². The van der Waals surface area contributed by atoms with E-state index < -0.39 is 0 Å². The van der Waals surface area contributed by atoms with Gasteiger partial charge in [0.15, 0.2) is 10.9 Å². The molecule has 1 fully saturated rings. The van der Waals surface area contributed by atoms with Gasteiger partial charge in [-0.15, -0.1) is 21.5 Å². The molecule has 4 heterocycles. The summed E-state index contributed by atoms with van der Waals surface area (Å²) in [4.78, 5) is 3.31. The van der Waals surface area contributed by atoms with Crippen molar-refractivity contribution >= 4 is 29.0 Å². The van der Waals surface area contributed by atoms with Crippen LogP contribution in [0.3, 0.4) is 0 Å². The monoisotopic (exact) mass is 439 g/mol. The molecule has 9 heteroatoms. The third-order valence-electron chi connectivity index (χ3n) is 4.94. The Morgan fingerprint density at radius 2 is 1.97 bits per heavy atom. The van der Waals surface area contributed by atoms with Crippen LogP contribution in [-0.4, -0.2) is 46.2 Å². The summed E-state index contributed by atoms with van der Waals surface area (Å²) in [5, 5.41) is 16.2. The minimum atomic E-state index is 0.655. The molecule has 0 amide bonds. The van der Waals surface area contributed by atoms with Crippen molar-refractivity contribution < 1.29 is 9.26 Å². The maximum atomic E-state index is 5.51. The number of morpholine rings is 1. The van der Waals surface area contributed by atoms with E-state index in [0.29, 0.717) is 19.0 Å². The zero-order valence-corrected chi connectivity index (χ0v) is 18.2. The molecule has 0 atom stereocenters. The lowest BCUT2D eigenvalue weighted by Gasteiger charge is -2.28. The summed E-state index contributed by atoms with van der Waals surface area (Å²) in [6.07, 6.45) is 0. The highest BCUT2D eigenvalue weighted by atomic mass is 32.2. The number of aryl methyl sites for hydroxylation is 1. The van der Waals surface area contributed by atoms with E-state index in [2.05, 4.69) is 43.9 Å². The second-order valence-corrected chi connectivity index (χ2v) is 8.84. The van der Waals surface area contributed by atoms with Crippen LogP contribution in [0.5, 0.6) is 0 Å². The molecule has 30 heavy (non-hydrogen) atoms. The van der Waals surface area contributed by atoms with Crippen LogP contribution in [0, 0.1) is 6.92 Å². The number of anilines is 1. The number of rotatable bonds is 6. The Morgan fingerprint density at radius 1 is 1.10 bits per heavy atom. The molecule has 0 unspecified atom stereocenters. The van der Waals surface area contributed by atoms with Gasteiger partial charge in [-0.25, -0.2) is 0 Å². The summed E-state index contributed by atoms with van der Waals surface area (Å²) >= 11 is 3.25. The van der Waals surface area contributed by atoms with Crippen molar-refractivity contribution in [2.24, 2.45) is 0 Å². The van der Waals surface area contributed by atoms with Crippen LogP contribution >= 0.6 is 23.1 Å². The Labute approximate surface area is 182 Å². The van der Waals surface area contributed by atoms with Crippen LogP contribution in [0.25, 0.3) is 16.3 Å². The Bertz CT molecular complexity index is 1120. The molecule has 0 aliphatic carbocycles. The molecule has 1 saturated heterocycles. The third kappa shape index (κ3) is 3.88. The van der Waals surface area contributed by atoms with Crippen LogP contribution in [0.1, 0.15) is 11.3 Å². The summed E-state index contributed by atoms with van der Waals surface area (Å²) < 4.78 is 13.2. The van der Waals surface area contributed by atoms with Crippen LogP contribution in [0.15, 0.2) is 57.5 Å². The molecular formula is C21H21N5O2S2. The number of aromatic nitrogens is 4. The predicted octanol–water partition coefficient (Wildman–Crippen LogP) is 4.42. The van der Waals surface area contributed by atoms with E-state index in [1.807, 2.05) is 35.7 Å². The average molecular weight is 440 g/mol. The van der Waals surface area contributed by atoms with Crippen LogP contribution in [-0.2, 0) is 10.5 Å². The highest BCUT2D eigenvalue weighted by Crippen LogP contribution is 2.32. The van der Waals surface area contributed by atoms with E-state index in [9.17, 15) is 0 Å². The van der Waals surface area contributed by atoms with Gasteiger partial charge in [0.1, 0.15) is 0 Å². The van der Waals surface area contributed by atoms with Crippen molar-refractivity contribution in [3.8, 4) is 16.3 Å². The quantitative estimate of drug-likeness (QED) is 0.412. The number of hydrogen-bond donors (Lipinski definition) is 0. The number of thioether (sulfide) groups is 1. The van der Waals surface area contributed by atoms with Gasteiger partial charge in [-0.05, 0) is 30.0 Å². The fraction of sp³-hybridized carbons (Fsp3) is 0.286. The van der Waals surface area contributed by atoms with Crippen molar-refractivity contribution in [2.45, 2.75) is 17.8 Å². The van der Waals surface area contributed by atoms with Crippen molar-refractivity contribution in [3.05, 3.63) is 59.1 Å². The topological polar surface area (TPSA) is 69.2 Å². The number of benzene rings is 1. The maximum absolute atomic E-state index is 5.51. The predicted molar refractivity (Wildman–Crippen MR) is 119 cm³/mol. The zero-order chi connectivity index (χ0) is 20.3. The first-order valence-electron chi connectivity index (χ1n) is 9.76. The van der Waals surface area contributed by atoms with Crippen LogP contribution in [0.4, 0.5) is 5.95 Å². The number of ether oxygens (including phenoxy) is 1. The Morgan fingerprint density at radius 3 is 2.77 bits per heavy atom. The highest BCUT2D eigenvalue weighted by Gasteiger charge is 2.23. The van der Waals surface area contributed by atoms with Gasteiger partial charge < -0.3 is 14.2 Å². The second kappa shape index (κ2) is 8.63. The highest BCUT2D eigenvalue weighted by molar-refractivity contribution is 7.98. The molecule has 1 aliphatic heterocycles. The van der Waals surface area contributed by atoms with E-state index in [-0.39, 0.29) is 0 Å². The number of nitrogens with zero attached hydrogens (tertiary/aromatic N) is 5. The summed E-state index contributed by atoms with van der Waals surface area (Å²) in [7, 11) is 0. The first-order valence-corrected chi connectivity index (χ1v) is 11.6. The van der Waals surface area contributed by atoms with E-state index in [4.69, 9.17) is 9.26 Å². The van der Waals surface area contributed by atoms with Gasteiger partial charge in [0.2, 0.25) is 5.95 Å².